The first-order chi connectivity index (χ1) is 6.62. The van der Waals surface area contributed by atoms with E-state index in [-0.39, 0.29) is 0 Å². The van der Waals surface area contributed by atoms with Crippen molar-refractivity contribution in [3.63, 3.8) is 0 Å². The van der Waals surface area contributed by atoms with Gasteiger partial charge < -0.3 is 5.73 Å². The highest BCUT2D eigenvalue weighted by molar-refractivity contribution is 7.86. The number of nitrogens with zero attached hydrogens (tertiary/aromatic N) is 2. The molecule has 0 atom stereocenters. The van der Waals surface area contributed by atoms with Gasteiger partial charge in [0, 0.05) is 32.7 Å². The molecular formula is C8H19N3O2S. The molecule has 0 aromatic rings. The fraction of sp³-hybridized carbons (Fsp3) is 1.00. The Hall–Kier alpha value is -0.170. The van der Waals surface area contributed by atoms with Crippen LogP contribution >= 0.6 is 0 Å². The summed E-state index contributed by atoms with van der Waals surface area (Å²) in [6.07, 6.45) is 1.94. The van der Waals surface area contributed by atoms with Crippen molar-refractivity contribution < 1.29 is 8.42 Å². The van der Waals surface area contributed by atoms with Crippen LogP contribution in [-0.2, 0) is 10.2 Å². The lowest BCUT2D eigenvalue weighted by Crippen LogP contribution is -2.44. The summed E-state index contributed by atoms with van der Waals surface area (Å²) in [7, 11) is -3.23. The third-order valence-electron chi connectivity index (χ3n) is 2.45. The monoisotopic (exact) mass is 221 g/mol. The number of rotatable bonds is 5. The molecule has 0 spiro atoms. The lowest BCUT2D eigenvalue weighted by Gasteiger charge is -2.25. The molecule has 0 aliphatic carbocycles. The lowest BCUT2D eigenvalue weighted by molar-refractivity contribution is 0.374. The second-order valence-corrected chi connectivity index (χ2v) is 5.32. The highest BCUT2D eigenvalue weighted by Crippen LogP contribution is 2.15. The topological polar surface area (TPSA) is 66.6 Å². The summed E-state index contributed by atoms with van der Waals surface area (Å²) in [5.74, 6) is 0. The normalized spacial score (nSPS) is 19.4. The van der Waals surface area contributed by atoms with Crippen LogP contribution in [0.15, 0.2) is 0 Å². The molecular weight excluding hydrogens is 202 g/mol. The Bertz CT molecular complexity index is 260. The van der Waals surface area contributed by atoms with Gasteiger partial charge in [0.15, 0.2) is 0 Å². The van der Waals surface area contributed by atoms with Crippen LogP contribution in [0.1, 0.15) is 19.8 Å². The van der Waals surface area contributed by atoms with Crippen LogP contribution in [0.5, 0.6) is 0 Å². The molecule has 1 saturated heterocycles. The lowest BCUT2D eigenvalue weighted by atomic mass is 10.4. The maximum Gasteiger partial charge on any atom is 0.282 e. The summed E-state index contributed by atoms with van der Waals surface area (Å²) < 4.78 is 26.9. The molecule has 2 N–H and O–H groups in total. The molecule has 0 aromatic carbocycles. The third kappa shape index (κ3) is 2.44. The van der Waals surface area contributed by atoms with Crippen molar-refractivity contribution in [2.24, 2.45) is 5.73 Å². The van der Waals surface area contributed by atoms with Gasteiger partial charge in [0.05, 0.1) is 0 Å². The van der Waals surface area contributed by atoms with Gasteiger partial charge in [0.2, 0.25) is 0 Å². The minimum Gasteiger partial charge on any atom is -0.329 e. The van der Waals surface area contributed by atoms with E-state index in [1.807, 2.05) is 6.92 Å². The quantitative estimate of drug-likeness (QED) is 0.687. The largest absolute Gasteiger partial charge is 0.329 e. The van der Waals surface area contributed by atoms with Crippen molar-refractivity contribution in [1.82, 2.24) is 8.61 Å². The highest BCUT2D eigenvalue weighted by atomic mass is 32.2. The van der Waals surface area contributed by atoms with Gasteiger partial charge >= 0.3 is 0 Å². The average Bonchev–Trinajstić information content (AvgIpc) is 2.66. The number of likely N-dealkylation sites (N-methyl/N-ethyl adjacent to an activating group) is 1. The maximum atomic E-state index is 12.0. The van der Waals surface area contributed by atoms with Crippen molar-refractivity contribution in [1.29, 1.82) is 0 Å². The van der Waals surface area contributed by atoms with Crippen molar-refractivity contribution in [3.05, 3.63) is 0 Å². The molecule has 0 amide bonds. The molecule has 0 saturated carbocycles. The van der Waals surface area contributed by atoms with Gasteiger partial charge in [-0.25, -0.2) is 0 Å². The molecule has 6 heteroatoms. The van der Waals surface area contributed by atoms with Crippen LogP contribution in [0.25, 0.3) is 0 Å². The van der Waals surface area contributed by atoms with E-state index in [1.165, 1.54) is 4.31 Å². The Balaban J connectivity index is 2.70. The zero-order valence-electron chi connectivity index (χ0n) is 8.65. The Morgan fingerprint density at radius 2 is 1.93 bits per heavy atom. The summed E-state index contributed by atoms with van der Waals surface area (Å²) >= 11 is 0. The molecule has 0 aromatic heterocycles. The van der Waals surface area contributed by atoms with Crippen LogP contribution in [0, 0.1) is 0 Å². The molecule has 1 fully saturated rings. The van der Waals surface area contributed by atoms with E-state index in [0.717, 1.165) is 12.8 Å². The predicted molar refractivity (Wildman–Crippen MR) is 56.0 cm³/mol. The molecule has 5 nitrogen and oxygen atoms in total. The summed E-state index contributed by atoms with van der Waals surface area (Å²) in [5, 5.41) is 0. The summed E-state index contributed by atoms with van der Waals surface area (Å²) in [6.45, 7) is 4.43. The first-order valence-electron chi connectivity index (χ1n) is 5.08. The summed E-state index contributed by atoms with van der Waals surface area (Å²) in [6, 6.07) is 0. The number of nitrogens with two attached hydrogens (primary N) is 1. The minimum atomic E-state index is -3.23. The van der Waals surface area contributed by atoms with Gasteiger partial charge in [-0.05, 0) is 12.8 Å². The zero-order valence-corrected chi connectivity index (χ0v) is 9.46. The Morgan fingerprint density at radius 1 is 1.36 bits per heavy atom. The van der Waals surface area contributed by atoms with E-state index < -0.39 is 10.2 Å². The Kier molecular flexibility index (Phi) is 4.31. The third-order valence-corrected chi connectivity index (χ3v) is 4.56. The first-order valence-corrected chi connectivity index (χ1v) is 6.48. The van der Waals surface area contributed by atoms with Gasteiger partial charge in [-0.3, -0.25) is 0 Å². The van der Waals surface area contributed by atoms with Crippen LogP contribution in [-0.4, -0.2) is 49.8 Å². The van der Waals surface area contributed by atoms with Crippen molar-refractivity contribution in [2.75, 3.05) is 32.7 Å². The van der Waals surface area contributed by atoms with E-state index in [4.69, 9.17) is 5.73 Å². The van der Waals surface area contributed by atoms with E-state index in [1.54, 1.807) is 4.31 Å². The molecule has 1 heterocycles. The van der Waals surface area contributed by atoms with Crippen LogP contribution < -0.4 is 5.73 Å². The Labute approximate surface area is 86.0 Å². The molecule has 0 unspecified atom stereocenters. The van der Waals surface area contributed by atoms with Crippen LogP contribution in [0.3, 0.4) is 0 Å². The van der Waals surface area contributed by atoms with E-state index in [2.05, 4.69) is 0 Å². The van der Waals surface area contributed by atoms with Gasteiger partial charge in [-0.1, -0.05) is 6.92 Å². The maximum absolute atomic E-state index is 12.0. The van der Waals surface area contributed by atoms with Gasteiger partial charge in [-0.15, -0.1) is 0 Å². The molecule has 14 heavy (non-hydrogen) atoms. The van der Waals surface area contributed by atoms with E-state index in [0.29, 0.717) is 32.7 Å². The minimum absolute atomic E-state index is 0.376. The SMILES string of the molecule is CCN(CCN)S(=O)(=O)N1CCCC1. The Morgan fingerprint density at radius 3 is 2.36 bits per heavy atom. The smallest absolute Gasteiger partial charge is 0.282 e. The van der Waals surface area contributed by atoms with Crippen LogP contribution in [0.4, 0.5) is 0 Å². The molecule has 0 radical (unpaired) electrons. The standard InChI is InChI=1S/C8H19N3O2S/c1-2-10(8-5-9)14(12,13)11-6-3-4-7-11/h2-9H2,1H3. The second-order valence-electron chi connectivity index (χ2n) is 3.39. The van der Waals surface area contributed by atoms with Gasteiger partial charge in [0.25, 0.3) is 10.2 Å². The molecule has 0 bridgehead atoms. The van der Waals surface area contributed by atoms with Gasteiger partial charge in [0.1, 0.15) is 0 Å². The van der Waals surface area contributed by atoms with E-state index >= 15 is 0 Å². The number of hydrogen-bond donors (Lipinski definition) is 1. The number of hydrogen-bond acceptors (Lipinski definition) is 3. The molecule has 1 aliphatic heterocycles. The summed E-state index contributed by atoms with van der Waals surface area (Å²) in [4.78, 5) is 0. The highest BCUT2D eigenvalue weighted by Gasteiger charge is 2.29. The molecule has 1 aliphatic rings. The van der Waals surface area contributed by atoms with Crippen molar-refractivity contribution in [2.45, 2.75) is 19.8 Å². The fourth-order valence-electron chi connectivity index (χ4n) is 1.66. The van der Waals surface area contributed by atoms with Crippen molar-refractivity contribution >= 4 is 10.2 Å². The zero-order chi connectivity index (χ0) is 10.6. The van der Waals surface area contributed by atoms with Crippen molar-refractivity contribution in [3.8, 4) is 0 Å². The predicted octanol–water partition coefficient (Wildman–Crippen LogP) is -0.392. The van der Waals surface area contributed by atoms with E-state index in [9.17, 15) is 8.42 Å². The fourth-order valence-corrected chi connectivity index (χ4v) is 3.37. The molecule has 84 valence electrons. The summed E-state index contributed by atoms with van der Waals surface area (Å²) in [5.41, 5.74) is 5.38. The first kappa shape index (κ1) is 11.9. The van der Waals surface area contributed by atoms with Gasteiger partial charge in [-0.2, -0.15) is 17.0 Å². The van der Waals surface area contributed by atoms with Crippen LogP contribution in [0.2, 0.25) is 0 Å². The average molecular weight is 221 g/mol. The second kappa shape index (κ2) is 5.06. The molecule has 1 rings (SSSR count).